The Labute approximate surface area is 121 Å². The van der Waals surface area contributed by atoms with Crippen molar-refractivity contribution in [1.29, 1.82) is 0 Å². The Hall–Kier alpha value is -2.32. The van der Waals surface area contributed by atoms with Gasteiger partial charge in [-0.25, -0.2) is 9.97 Å². The maximum atomic E-state index is 10.9. The first-order valence-electron chi connectivity index (χ1n) is 5.41. The van der Waals surface area contributed by atoms with Crippen molar-refractivity contribution >= 4 is 50.3 Å². The van der Waals surface area contributed by atoms with Gasteiger partial charge in [-0.1, -0.05) is 0 Å². The molecule has 3 aromatic rings. The fourth-order valence-electron chi connectivity index (χ4n) is 1.65. The van der Waals surface area contributed by atoms with Gasteiger partial charge in [0.05, 0.1) is 20.7 Å². The van der Waals surface area contributed by atoms with Crippen LogP contribution in [0.2, 0.25) is 5.28 Å². The molecular weight excluding hydrogens is 302 g/mol. The van der Waals surface area contributed by atoms with Gasteiger partial charge in [-0.3, -0.25) is 10.1 Å². The van der Waals surface area contributed by atoms with E-state index in [9.17, 15) is 10.1 Å². The van der Waals surface area contributed by atoms with Gasteiger partial charge >= 0.3 is 5.69 Å². The molecule has 0 aliphatic heterocycles. The van der Waals surface area contributed by atoms with Gasteiger partial charge < -0.3 is 5.32 Å². The molecule has 2 aromatic heterocycles. The first-order valence-corrected chi connectivity index (χ1v) is 6.66. The number of nitro groups is 1. The number of hydrogen-bond donors (Lipinski definition) is 1. The fraction of sp³-hybridized carbons (Fsp3) is 0. The second-order valence-corrected chi connectivity index (χ2v) is 5.01. The van der Waals surface area contributed by atoms with Crippen LogP contribution in [-0.4, -0.2) is 19.9 Å². The van der Waals surface area contributed by atoms with E-state index in [1.54, 1.807) is 11.6 Å². The zero-order valence-electron chi connectivity index (χ0n) is 9.78. The Morgan fingerprint density at radius 1 is 1.35 bits per heavy atom. The number of benzene rings is 1. The van der Waals surface area contributed by atoms with E-state index in [2.05, 4.69) is 20.3 Å². The van der Waals surface area contributed by atoms with Crippen LogP contribution in [0.5, 0.6) is 0 Å². The third kappa shape index (κ3) is 2.38. The third-order valence-corrected chi connectivity index (χ3v) is 3.50. The Kier molecular flexibility index (Phi) is 3.17. The summed E-state index contributed by atoms with van der Waals surface area (Å²) in [6.07, 6.45) is 1.07. The number of aromatic nitrogens is 3. The largest absolute Gasteiger partial charge is 0.334 e. The summed E-state index contributed by atoms with van der Waals surface area (Å²) in [7, 11) is 0. The summed E-state index contributed by atoms with van der Waals surface area (Å²) in [5, 5.41) is 13.7. The van der Waals surface area contributed by atoms with Crippen molar-refractivity contribution < 1.29 is 4.92 Å². The topological polar surface area (TPSA) is 93.8 Å². The minimum Gasteiger partial charge on any atom is -0.334 e. The van der Waals surface area contributed by atoms with Crippen LogP contribution in [0.1, 0.15) is 0 Å². The SMILES string of the molecule is O=[N+]([O-])c1cnc(Cl)nc1Nc1ccc2ncsc2c1. The van der Waals surface area contributed by atoms with Crippen molar-refractivity contribution in [2.75, 3.05) is 5.32 Å². The Morgan fingerprint density at radius 3 is 3.00 bits per heavy atom. The molecule has 20 heavy (non-hydrogen) atoms. The molecule has 1 aromatic carbocycles. The van der Waals surface area contributed by atoms with Crippen LogP contribution in [0.25, 0.3) is 10.2 Å². The van der Waals surface area contributed by atoms with Crippen LogP contribution >= 0.6 is 22.9 Å². The summed E-state index contributed by atoms with van der Waals surface area (Å²) in [6.45, 7) is 0. The lowest BCUT2D eigenvalue weighted by Gasteiger charge is -2.05. The van der Waals surface area contributed by atoms with E-state index in [1.807, 2.05) is 12.1 Å². The van der Waals surface area contributed by atoms with Crippen molar-refractivity contribution in [2.24, 2.45) is 0 Å². The van der Waals surface area contributed by atoms with Crippen molar-refractivity contribution in [3.05, 3.63) is 45.3 Å². The molecule has 0 amide bonds. The summed E-state index contributed by atoms with van der Waals surface area (Å²) >= 11 is 7.15. The Bertz CT molecular complexity index is 806. The molecule has 0 saturated heterocycles. The van der Waals surface area contributed by atoms with E-state index in [0.717, 1.165) is 16.4 Å². The highest BCUT2D eigenvalue weighted by Gasteiger charge is 2.17. The molecule has 0 saturated carbocycles. The van der Waals surface area contributed by atoms with Crippen molar-refractivity contribution in [3.63, 3.8) is 0 Å². The van der Waals surface area contributed by atoms with Crippen LogP contribution in [0.3, 0.4) is 0 Å². The highest BCUT2D eigenvalue weighted by atomic mass is 35.5. The third-order valence-electron chi connectivity index (χ3n) is 2.53. The zero-order valence-corrected chi connectivity index (χ0v) is 11.4. The lowest BCUT2D eigenvalue weighted by atomic mass is 10.3. The predicted molar refractivity (Wildman–Crippen MR) is 76.6 cm³/mol. The number of rotatable bonds is 3. The smallest absolute Gasteiger partial charge is 0.329 e. The molecule has 0 radical (unpaired) electrons. The number of halogens is 1. The molecule has 0 aliphatic rings. The van der Waals surface area contributed by atoms with Crippen LogP contribution in [0.15, 0.2) is 29.9 Å². The molecular formula is C11H6ClN5O2S. The van der Waals surface area contributed by atoms with Crippen molar-refractivity contribution in [1.82, 2.24) is 15.0 Å². The number of fused-ring (bicyclic) bond motifs is 1. The molecule has 0 fully saturated rings. The number of hydrogen-bond acceptors (Lipinski definition) is 7. The molecule has 9 heteroatoms. The first-order chi connectivity index (χ1) is 9.63. The van der Waals surface area contributed by atoms with Gasteiger partial charge in [0.1, 0.15) is 6.20 Å². The molecule has 1 N–H and O–H groups in total. The van der Waals surface area contributed by atoms with Crippen molar-refractivity contribution in [3.8, 4) is 0 Å². The standard InChI is InChI=1S/C11H6ClN5O2S/c12-11-13-4-8(17(18)19)10(16-11)15-6-1-2-7-9(3-6)20-5-14-7/h1-5H,(H,13,15,16). The number of anilines is 2. The normalized spacial score (nSPS) is 10.7. The molecule has 0 aliphatic carbocycles. The lowest BCUT2D eigenvalue weighted by Crippen LogP contribution is -2.01. The number of nitrogens with zero attached hydrogens (tertiary/aromatic N) is 4. The maximum absolute atomic E-state index is 10.9. The summed E-state index contributed by atoms with van der Waals surface area (Å²) in [5.74, 6) is 0.0545. The van der Waals surface area contributed by atoms with Gasteiger partial charge in [0, 0.05) is 5.69 Å². The maximum Gasteiger partial charge on any atom is 0.329 e. The van der Waals surface area contributed by atoms with E-state index in [-0.39, 0.29) is 16.8 Å². The summed E-state index contributed by atoms with van der Waals surface area (Å²) < 4.78 is 0.970. The van der Waals surface area contributed by atoms with E-state index >= 15 is 0 Å². The molecule has 0 spiro atoms. The van der Waals surface area contributed by atoms with E-state index < -0.39 is 4.92 Å². The molecule has 3 rings (SSSR count). The van der Waals surface area contributed by atoms with E-state index in [0.29, 0.717) is 5.69 Å². The van der Waals surface area contributed by atoms with Crippen LogP contribution in [0, 0.1) is 10.1 Å². The van der Waals surface area contributed by atoms with Gasteiger partial charge in [0.25, 0.3) is 0 Å². The summed E-state index contributed by atoms with van der Waals surface area (Å²) in [4.78, 5) is 22.0. The minimum absolute atomic E-state index is 0.0545. The van der Waals surface area contributed by atoms with Crippen LogP contribution in [-0.2, 0) is 0 Å². The van der Waals surface area contributed by atoms with E-state index in [4.69, 9.17) is 11.6 Å². The molecule has 0 atom stereocenters. The lowest BCUT2D eigenvalue weighted by molar-refractivity contribution is -0.384. The minimum atomic E-state index is -0.566. The molecule has 2 heterocycles. The molecule has 0 unspecified atom stereocenters. The van der Waals surface area contributed by atoms with Gasteiger partial charge in [0.2, 0.25) is 11.1 Å². The van der Waals surface area contributed by atoms with Crippen LogP contribution in [0.4, 0.5) is 17.2 Å². The monoisotopic (exact) mass is 307 g/mol. The molecule has 0 bridgehead atoms. The second kappa shape index (κ2) is 4.99. The highest BCUT2D eigenvalue weighted by molar-refractivity contribution is 7.16. The summed E-state index contributed by atoms with van der Waals surface area (Å²) in [6, 6.07) is 5.43. The van der Waals surface area contributed by atoms with Gasteiger partial charge in [-0.15, -0.1) is 11.3 Å². The number of nitrogens with one attached hydrogen (secondary N) is 1. The number of thiazole rings is 1. The summed E-state index contributed by atoms with van der Waals surface area (Å²) in [5.41, 5.74) is 3.03. The van der Waals surface area contributed by atoms with Gasteiger partial charge in [-0.05, 0) is 29.8 Å². The molecule has 100 valence electrons. The fourth-order valence-corrected chi connectivity index (χ4v) is 2.50. The van der Waals surface area contributed by atoms with Gasteiger partial charge in [-0.2, -0.15) is 4.98 Å². The van der Waals surface area contributed by atoms with E-state index in [1.165, 1.54) is 11.3 Å². The van der Waals surface area contributed by atoms with Gasteiger partial charge in [0.15, 0.2) is 0 Å². The molecule has 7 nitrogen and oxygen atoms in total. The Balaban J connectivity index is 2.01. The first kappa shape index (κ1) is 12.7. The van der Waals surface area contributed by atoms with Crippen molar-refractivity contribution in [2.45, 2.75) is 0 Å². The highest BCUT2D eigenvalue weighted by Crippen LogP contribution is 2.28. The second-order valence-electron chi connectivity index (χ2n) is 3.79. The average Bonchev–Trinajstić information content (AvgIpc) is 2.85. The predicted octanol–water partition coefficient (Wildman–Crippen LogP) is 3.39. The quantitative estimate of drug-likeness (QED) is 0.453. The Morgan fingerprint density at radius 2 is 2.20 bits per heavy atom. The average molecular weight is 308 g/mol. The van der Waals surface area contributed by atoms with Crippen LogP contribution < -0.4 is 5.32 Å². The zero-order chi connectivity index (χ0) is 14.1.